The first-order valence-electron chi connectivity index (χ1n) is 7.66. The molecule has 0 saturated heterocycles. The van der Waals surface area contributed by atoms with Gasteiger partial charge in [0.05, 0.1) is 12.8 Å². The lowest BCUT2D eigenvalue weighted by Crippen LogP contribution is -2.46. The molecule has 1 aliphatic heterocycles. The maximum atomic E-state index is 12.5. The van der Waals surface area contributed by atoms with Crippen LogP contribution in [0.15, 0.2) is 47.1 Å². The van der Waals surface area contributed by atoms with Crippen molar-refractivity contribution in [2.45, 2.75) is 32.2 Å². The molecular formula is C18H20N2O3. The number of carbonyl (C=O) groups is 2. The first-order chi connectivity index (χ1) is 11.0. The van der Waals surface area contributed by atoms with Gasteiger partial charge < -0.3 is 14.6 Å². The topological polar surface area (TPSA) is 62.6 Å². The summed E-state index contributed by atoms with van der Waals surface area (Å²) >= 11 is 0. The molecule has 3 rings (SSSR count). The summed E-state index contributed by atoms with van der Waals surface area (Å²) in [7, 11) is 0. The molecule has 0 bridgehead atoms. The van der Waals surface area contributed by atoms with Gasteiger partial charge in [-0.3, -0.25) is 9.59 Å². The van der Waals surface area contributed by atoms with Gasteiger partial charge in [0.1, 0.15) is 12.3 Å². The number of hydrogen-bond acceptors (Lipinski definition) is 3. The van der Waals surface area contributed by atoms with Gasteiger partial charge in [-0.15, -0.1) is 0 Å². The van der Waals surface area contributed by atoms with Crippen LogP contribution in [0.2, 0.25) is 0 Å². The zero-order chi connectivity index (χ0) is 16.4. The van der Waals surface area contributed by atoms with Crippen LogP contribution in [-0.4, -0.2) is 18.4 Å². The molecule has 5 nitrogen and oxygen atoms in total. The minimum absolute atomic E-state index is 0.0205. The Morgan fingerprint density at radius 2 is 2.04 bits per heavy atom. The Labute approximate surface area is 135 Å². The van der Waals surface area contributed by atoms with E-state index in [4.69, 9.17) is 4.42 Å². The van der Waals surface area contributed by atoms with Crippen LogP contribution in [0.3, 0.4) is 0 Å². The largest absolute Gasteiger partial charge is 0.467 e. The first kappa shape index (κ1) is 15.3. The lowest BCUT2D eigenvalue weighted by molar-refractivity contribution is -0.124. The van der Waals surface area contributed by atoms with Crippen molar-refractivity contribution in [2.24, 2.45) is 0 Å². The third-order valence-corrected chi connectivity index (χ3v) is 4.16. The van der Waals surface area contributed by atoms with Gasteiger partial charge in [0.2, 0.25) is 11.8 Å². The molecule has 0 saturated carbocycles. The predicted molar refractivity (Wildman–Crippen MR) is 87.0 cm³/mol. The molecule has 1 aromatic heterocycles. The number of anilines is 1. The smallest absolute Gasteiger partial charge is 0.240 e. The number of amides is 2. The zero-order valence-electron chi connectivity index (χ0n) is 13.3. The number of carbonyl (C=O) groups excluding carboxylic acids is 2. The number of benzene rings is 1. The molecule has 2 aromatic rings. The van der Waals surface area contributed by atoms with Gasteiger partial charge in [0.25, 0.3) is 0 Å². The number of para-hydroxylation sites is 1. The quantitative estimate of drug-likeness (QED) is 0.944. The van der Waals surface area contributed by atoms with Gasteiger partial charge in [0.15, 0.2) is 0 Å². The molecule has 1 aliphatic rings. The Balaban J connectivity index is 1.74. The summed E-state index contributed by atoms with van der Waals surface area (Å²) in [6.07, 6.45) is 1.96. The van der Waals surface area contributed by atoms with Crippen molar-refractivity contribution in [2.75, 3.05) is 11.4 Å². The van der Waals surface area contributed by atoms with E-state index in [0.29, 0.717) is 18.7 Å². The van der Waals surface area contributed by atoms with Crippen molar-refractivity contribution in [3.8, 4) is 0 Å². The van der Waals surface area contributed by atoms with E-state index in [9.17, 15) is 9.59 Å². The fourth-order valence-corrected chi connectivity index (χ4v) is 2.96. The van der Waals surface area contributed by atoms with E-state index in [1.165, 1.54) is 0 Å². The van der Waals surface area contributed by atoms with Gasteiger partial charge >= 0.3 is 0 Å². The third kappa shape index (κ3) is 3.13. The van der Waals surface area contributed by atoms with E-state index in [2.05, 4.69) is 19.2 Å². The molecule has 0 aliphatic carbocycles. The van der Waals surface area contributed by atoms with E-state index in [-0.39, 0.29) is 23.8 Å². The van der Waals surface area contributed by atoms with Gasteiger partial charge in [-0.25, -0.2) is 0 Å². The minimum Gasteiger partial charge on any atom is -0.467 e. The summed E-state index contributed by atoms with van der Waals surface area (Å²) in [6.45, 7) is 4.45. The molecule has 0 unspecified atom stereocenters. The summed E-state index contributed by atoms with van der Waals surface area (Å²) in [5, 5.41) is 2.78. The van der Waals surface area contributed by atoms with Gasteiger partial charge in [-0.2, -0.15) is 0 Å². The highest BCUT2D eigenvalue weighted by Gasteiger charge is 2.36. The van der Waals surface area contributed by atoms with Gasteiger partial charge in [-0.05, 0) is 23.8 Å². The van der Waals surface area contributed by atoms with Crippen LogP contribution in [-0.2, 0) is 21.5 Å². The fraction of sp³-hybridized carbons (Fsp3) is 0.333. The van der Waals surface area contributed by atoms with Crippen molar-refractivity contribution in [3.63, 3.8) is 0 Å². The second kappa shape index (κ2) is 5.91. The maximum absolute atomic E-state index is 12.5. The van der Waals surface area contributed by atoms with Crippen LogP contribution < -0.4 is 10.2 Å². The number of furan rings is 1. The predicted octanol–water partition coefficient (Wildman–Crippen LogP) is 2.61. The average Bonchev–Trinajstić information content (AvgIpc) is 3.02. The normalized spacial score (nSPS) is 16.1. The Hall–Kier alpha value is -2.56. The molecule has 23 heavy (non-hydrogen) atoms. The van der Waals surface area contributed by atoms with Gasteiger partial charge in [-0.1, -0.05) is 32.0 Å². The molecule has 0 radical (unpaired) electrons. The molecule has 5 heteroatoms. The Morgan fingerprint density at radius 1 is 1.26 bits per heavy atom. The average molecular weight is 312 g/mol. The molecule has 0 spiro atoms. The van der Waals surface area contributed by atoms with E-state index < -0.39 is 0 Å². The minimum atomic E-state index is -0.213. The highest BCUT2D eigenvalue weighted by molar-refractivity contribution is 6.02. The number of hydrogen-bond donors (Lipinski definition) is 1. The van der Waals surface area contributed by atoms with Crippen LogP contribution in [0.25, 0.3) is 0 Å². The second-order valence-corrected chi connectivity index (χ2v) is 6.41. The van der Waals surface area contributed by atoms with Crippen LogP contribution >= 0.6 is 0 Å². The summed E-state index contributed by atoms with van der Waals surface area (Å²) in [4.78, 5) is 26.2. The number of nitrogens with zero attached hydrogens (tertiary/aromatic N) is 1. The van der Waals surface area contributed by atoms with Crippen LogP contribution in [0.1, 0.15) is 31.6 Å². The fourth-order valence-electron chi connectivity index (χ4n) is 2.96. The summed E-state index contributed by atoms with van der Waals surface area (Å²) in [5.74, 6) is 0.455. The van der Waals surface area contributed by atoms with Crippen molar-refractivity contribution < 1.29 is 14.0 Å². The highest BCUT2D eigenvalue weighted by Crippen LogP contribution is 2.39. The van der Waals surface area contributed by atoms with E-state index in [1.807, 2.05) is 24.3 Å². The molecule has 1 aromatic carbocycles. The van der Waals surface area contributed by atoms with Crippen molar-refractivity contribution in [1.82, 2.24) is 5.32 Å². The standard InChI is InChI=1S/C18H20N2O3/c1-18(2)10-17(22)20(15-8-4-3-7-14(15)18)12-16(21)19-11-13-6-5-9-23-13/h3-9H,10-12H2,1-2H3,(H,19,21). The third-order valence-electron chi connectivity index (χ3n) is 4.16. The van der Waals surface area contributed by atoms with E-state index in [0.717, 1.165) is 11.3 Å². The monoisotopic (exact) mass is 312 g/mol. The van der Waals surface area contributed by atoms with Crippen LogP contribution in [0.4, 0.5) is 5.69 Å². The molecule has 0 atom stereocenters. The molecule has 120 valence electrons. The first-order valence-corrected chi connectivity index (χ1v) is 7.66. The SMILES string of the molecule is CC1(C)CC(=O)N(CC(=O)NCc2ccco2)c2ccccc21. The lowest BCUT2D eigenvalue weighted by atomic mass is 9.77. The summed E-state index contributed by atoms with van der Waals surface area (Å²) in [5.41, 5.74) is 1.70. The molecule has 0 fully saturated rings. The maximum Gasteiger partial charge on any atom is 0.240 e. The second-order valence-electron chi connectivity index (χ2n) is 6.41. The Kier molecular flexibility index (Phi) is 3.94. The Bertz CT molecular complexity index is 720. The van der Waals surface area contributed by atoms with Crippen LogP contribution in [0, 0.1) is 0 Å². The Morgan fingerprint density at radius 3 is 2.78 bits per heavy atom. The number of rotatable bonds is 4. The lowest BCUT2D eigenvalue weighted by Gasteiger charge is -2.38. The van der Waals surface area contributed by atoms with Crippen molar-refractivity contribution in [3.05, 3.63) is 54.0 Å². The zero-order valence-corrected chi connectivity index (χ0v) is 13.3. The van der Waals surface area contributed by atoms with Crippen molar-refractivity contribution in [1.29, 1.82) is 0 Å². The van der Waals surface area contributed by atoms with E-state index >= 15 is 0 Å². The van der Waals surface area contributed by atoms with E-state index in [1.54, 1.807) is 23.3 Å². The number of nitrogens with one attached hydrogen (secondary N) is 1. The highest BCUT2D eigenvalue weighted by atomic mass is 16.3. The molecule has 2 heterocycles. The molecular weight excluding hydrogens is 292 g/mol. The summed E-state index contributed by atoms with van der Waals surface area (Å²) < 4.78 is 5.18. The van der Waals surface area contributed by atoms with Crippen LogP contribution in [0.5, 0.6) is 0 Å². The number of fused-ring (bicyclic) bond motifs is 1. The molecule has 2 amide bonds. The summed E-state index contributed by atoms with van der Waals surface area (Å²) in [6, 6.07) is 11.3. The van der Waals surface area contributed by atoms with Crippen molar-refractivity contribution >= 4 is 17.5 Å². The van der Waals surface area contributed by atoms with Gasteiger partial charge in [0, 0.05) is 17.5 Å². The molecule has 1 N–H and O–H groups in total.